The molecule has 1 fully saturated rings. The van der Waals surface area contributed by atoms with Gasteiger partial charge in [-0.3, -0.25) is 4.79 Å². The van der Waals surface area contributed by atoms with Gasteiger partial charge in [-0.1, -0.05) is 64.7 Å². The van der Waals surface area contributed by atoms with Gasteiger partial charge in [0.15, 0.2) is 0 Å². The van der Waals surface area contributed by atoms with Gasteiger partial charge in [0.2, 0.25) is 5.91 Å². The van der Waals surface area contributed by atoms with Crippen LogP contribution in [-0.2, 0) is 10.2 Å². The fourth-order valence-corrected chi connectivity index (χ4v) is 6.47. The SMILES string of the molecule is CCCCCC(C)C(C)[C@@]12C[C@@H](NC(C)=O)CC[C@@H]1C(C)(C)Oc1ccccc12. The molecule has 1 aromatic carbocycles. The van der Waals surface area contributed by atoms with E-state index in [9.17, 15) is 4.79 Å². The topological polar surface area (TPSA) is 38.3 Å². The number of carbonyl (C=O) groups excluding carboxylic acids is 1. The van der Waals surface area contributed by atoms with E-state index in [0.717, 1.165) is 25.0 Å². The number of unbranched alkanes of at least 4 members (excludes halogenated alkanes) is 2. The van der Waals surface area contributed by atoms with Crippen LogP contribution in [0.15, 0.2) is 24.3 Å². The number of ether oxygens (including phenoxy) is 1. The van der Waals surface area contributed by atoms with E-state index in [2.05, 4.69) is 64.2 Å². The molecule has 3 rings (SSSR count). The molecule has 3 nitrogen and oxygen atoms in total. The summed E-state index contributed by atoms with van der Waals surface area (Å²) < 4.78 is 6.57. The van der Waals surface area contributed by atoms with Gasteiger partial charge in [0.25, 0.3) is 0 Å². The summed E-state index contributed by atoms with van der Waals surface area (Å²) in [6.07, 6.45) is 8.31. The molecule has 1 heterocycles. The smallest absolute Gasteiger partial charge is 0.217 e. The highest BCUT2D eigenvalue weighted by Crippen LogP contribution is 2.60. The van der Waals surface area contributed by atoms with Gasteiger partial charge in [-0.15, -0.1) is 0 Å². The van der Waals surface area contributed by atoms with Crippen molar-refractivity contribution in [3.05, 3.63) is 29.8 Å². The van der Waals surface area contributed by atoms with E-state index in [0.29, 0.717) is 17.8 Å². The number of para-hydroxylation sites is 1. The summed E-state index contributed by atoms with van der Waals surface area (Å²) in [6.45, 7) is 13.4. The van der Waals surface area contributed by atoms with Crippen molar-refractivity contribution in [1.82, 2.24) is 5.32 Å². The molecule has 0 aromatic heterocycles. The van der Waals surface area contributed by atoms with Crippen LogP contribution in [0.25, 0.3) is 0 Å². The maximum absolute atomic E-state index is 11.9. The first kappa shape index (κ1) is 22.2. The van der Waals surface area contributed by atoms with E-state index in [-0.39, 0.29) is 23.0 Å². The fraction of sp³-hybridized carbons (Fsp3) is 0.731. The first-order chi connectivity index (χ1) is 13.7. The highest BCUT2D eigenvalue weighted by molar-refractivity contribution is 5.73. The van der Waals surface area contributed by atoms with Crippen LogP contribution in [0.2, 0.25) is 0 Å². The summed E-state index contributed by atoms with van der Waals surface area (Å²) in [5, 5.41) is 3.26. The largest absolute Gasteiger partial charge is 0.487 e. The number of benzene rings is 1. The monoisotopic (exact) mass is 399 g/mol. The lowest BCUT2D eigenvalue weighted by Gasteiger charge is -2.60. The van der Waals surface area contributed by atoms with Crippen molar-refractivity contribution in [2.75, 3.05) is 0 Å². The number of rotatable bonds is 7. The van der Waals surface area contributed by atoms with E-state index in [1.807, 2.05) is 0 Å². The summed E-state index contributed by atoms with van der Waals surface area (Å²) in [5.41, 5.74) is 1.21. The van der Waals surface area contributed by atoms with Gasteiger partial charge in [-0.25, -0.2) is 0 Å². The number of hydrogen-bond acceptors (Lipinski definition) is 2. The van der Waals surface area contributed by atoms with Crippen molar-refractivity contribution >= 4 is 5.91 Å². The second-order valence-electron chi connectivity index (χ2n) is 10.2. The minimum Gasteiger partial charge on any atom is -0.487 e. The Labute approximate surface area is 178 Å². The van der Waals surface area contributed by atoms with Crippen LogP contribution in [0, 0.1) is 17.8 Å². The number of amides is 1. The Hall–Kier alpha value is -1.51. The van der Waals surface area contributed by atoms with Crippen LogP contribution in [-0.4, -0.2) is 17.6 Å². The Morgan fingerprint density at radius 3 is 2.62 bits per heavy atom. The zero-order chi connectivity index (χ0) is 21.2. The number of nitrogens with one attached hydrogen (secondary N) is 1. The van der Waals surface area contributed by atoms with Crippen LogP contribution in [0.5, 0.6) is 5.75 Å². The third-order valence-corrected chi connectivity index (χ3v) is 7.95. The summed E-state index contributed by atoms with van der Waals surface area (Å²) in [7, 11) is 0. The van der Waals surface area contributed by atoms with Crippen LogP contribution >= 0.6 is 0 Å². The molecule has 162 valence electrons. The lowest BCUT2D eigenvalue weighted by atomic mass is 9.49. The molecule has 0 bridgehead atoms. The van der Waals surface area contributed by atoms with E-state index in [1.165, 1.54) is 31.2 Å². The zero-order valence-corrected chi connectivity index (χ0v) is 19.4. The third-order valence-electron chi connectivity index (χ3n) is 7.95. The average molecular weight is 400 g/mol. The van der Waals surface area contributed by atoms with Gasteiger partial charge in [-0.2, -0.15) is 0 Å². The maximum atomic E-state index is 11.9. The summed E-state index contributed by atoms with van der Waals surface area (Å²) in [6, 6.07) is 8.94. The second-order valence-corrected chi connectivity index (χ2v) is 10.2. The molecule has 1 saturated carbocycles. The normalized spacial score (nSPS) is 29.7. The number of hydrogen-bond donors (Lipinski definition) is 1. The fourth-order valence-electron chi connectivity index (χ4n) is 6.47. The van der Waals surface area contributed by atoms with Crippen molar-refractivity contribution in [2.45, 2.75) is 104 Å². The van der Waals surface area contributed by atoms with Gasteiger partial charge in [0.1, 0.15) is 11.4 Å². The van der Waals surface area contributed by atoms with Crippen LogP contribution < -0.4 is 10.1 Å². The molecule has 0 radical (unpaired) electrons. The lowest BCUT2D eigenvalue weighted by molar-refractivity contribution is -0.121. The molecule has 0 saturated heterocycles. The Morgan fingerprint density at radius 2 is 1.93 bits per heavy atom. The number of fused-ring (bicyclic) bond motifs is 3. The Kier molecular flexibility index (Phi) is 6.65. The van der Waals surface area contributed by atoms with Crippen molar-refractivity contribution < 1.29 is 9.53 Å². The number of carbonyl (C=O) groups is 1. The van der Waals surface area contributed by atoms with Gasteiger partial charge in [-0.05, 0) is 51.0 Å². The van der Waals surface area contributed by atoms with Crippen LogP contribution in [0.3, 0.4) is 0 Å². The van der Waals surface area contributed by atoms with Crippen LogP contribution in [0.1, 0.15) is 92.1 Å². The van der Waals surface area contributed by atoms with E-state index >= 15 is 0 Å². The average Bonchev–Trinajstić information content (AvgIpc) is 2.66. The van der Waals surface area contributed by atoms with Gasteiger partial charge in [0.05, 0.1) is 0 Å². The van der Waals surface area contributed by atoms with Crippen molar-refractivity contribution in [3.63, 3.8) is 0 Å². The molecule has 2 unspecified atom stereocenters. The minimum absolute atomic E-state index is 0.0370. The minimum atomic E-state index is -0.201. The molecule has 1 amide bonds. The van der Waals surface area contributed by atoms with Gasteiger partial charge >= 0.3 is 0 Å². The van der Waals surface area contributed by atoms with E-state index < -0.39 is 0 Å². The highest BCUT2D eigenvalue weighted by atomic mass is 16.5. The highest BCUT2D eigenvalue weighted by Gasteiger charge is 2.59. The predicted molar refractivity (Wildman–Crippen MR) is 120 cm³/mol. The third kappa shape index (κ3) is 4.20. The quantitative estimate of drug-likeness (QED) is 0.550. The standard InChI is InChI=1S/C26H41NO2/c1-7-8-9-12-18(2)19(3)26-17-21(27-20(4)28)15-16-24(26)25(5,6)29-23-14-11-10-13-22(23)26/h10-11,13-14,18-19,21,24H,7-9,12,15-17H2,1-6H3,(H,27,28)/t18?,19?,21-,24+,26+/m0/s1. The van der Waals surface area contributed by atoms with Gasteiger partial charge < -0.3 is 10.1 Å². The van der Waals surface area contributed by atoms with Crippen molar-refractivity contribution in [2.24, 2.45) is 17.8 Å². The summed E-state index contributed by atoms with van der Waals surface area (Å²) in [5.74, 6) is 2.77. The molecule has 29 heavy (non-hydrogen) atoms. The zero-order valence-electron chi connectivity index (χ0n) is 19.4. The first-order valence-electron chi connectivity index (χ1n) is 11.8. The van der Waals surface area contributed by atoms with Crippen molar-refractivity contribution in [1.29, 1.82) is 0 Å². The second kappa shape index (κ2) is 8.70. The molecule has 1 aliphatic carbocycles. The summed E-state index contributed by atoms with van der Waals surface area (Å²) in [4.78, 5) is 11.9. The lowest BCUT2D eigenvalue weighted by Crippen LogP contribution is -2.62. The molecule has 0 spiro atoms. The predicted octanol–water partition coefficient (Wildman–Crippen LogP) is 6.25. The molecule has 1 aromatic rings. The van der Waals surface area contributed by atoms with Gasteiger partial charge in [0, 0.05) is 29.9 Å². The molecule has 1 N–H and O–H groups in total. The van der Waals surface area contributed by atoms with E-state index in [4.69, 9.17) is 4.74 Å². The molecular weight excluding hydrogens is 358 g/mol. The Balaban J connectivity index is 2.06. The Morgan fingerprint density at radius 1 is 1.21 bits per heavy atom. The van der Waals surface area contributed by atoms with Crippen molar-refractivity contribution in [3.8, 4) is 5.75 Å². The molecule has 5 atom stereocenters. The van der Waals surface area contributed by atoms with Crippen LogP contribution in [0.4, 0.5) is 0 Å². The molecule has 1 aliphatic heterocycles. The summed E-state index contributed by atoms with van der Waals surface area (Å²) >= 11 is 0. The first-order valence-corrected chi connectivity index (χ1v) is 11.8. The Bertz CT molecular complexity index is 712. The maximum Gasteiger partial charge on any atom is 0.217 e. The molecule has 2 aliphatic rings. The molecule has 3 heteroatoms. The van der Waals surface area contributed by atoms with E-state index in [1.54, 1.807) is 6.92 Å². The molecular formula is C26H41NO2.